The minimum Gasteiger partial charge on any atom is -0.373 e. The molecule has 18 heavy (non-hydrogen) atoms. The number of aromatic nitrogens is 1. The van der Waals surface area contributed by atoms with Crippen molar-refractivity contribution < 1.29 is 4.79 Å². The van der Waals surface area contributed by atoms with E-state index < -0.39 is 0 Å². The molecule has 0 spiro atoms. The number of anilines is 1. The van der Waals surface area contributed by atoms with Gasteiger partial charge in [-0.3, -0.25) is 4.79 Å². The standard InChI is InChI=1S/C12H18ClN3OS/c1-12(2,18-4)7-15-11(17)10-8(13)5-6-9(14-3)16-10/h5-6H,7H2,1-4H3,(H,14,16)(H,15,17). The van der Waals surface area contributed by atoms with Gasteiger partial charge in [0.1, 0.15) is 11.5 Å². The zero-order valence-electron chi connectivity index (χ0n) is 11.0. The van der Waals surface area contributed by atoms with Crippen LogP contribution in [0.5, 0.6) is 0 Å². The summed E-state index contributed by atoms with van der Waals surface area (Å²) in [5.41, 5.74) is 0.250. The van der Waals surface area contributed by atoms with E-state index in [1.807, 2.05) is 6.26 Å². The maximum atomic E-state index is 12.0. The van der Waals surface area contributed by atoms with Crippen LogP contribution in [0.2, 0.25) is 5.02 Å². The Morgan fingerprint density at radius 1 is 1.50 bits per heavy atom. The van der Waals surface area contributed by atoms with Crippen molar-refractivity contribution in [3.8, 4) is 0 Å². The maximum Gasteiger partial charge on any atom is 0.271 e. The summed E-state index contributed by atoms with van der Waals surface area (Å²) in [6.07, 6.45) is 2.01. The van der Waals surface area contributed by atoms with Crippen molar-refractivity contribution >= 4 is 35.1 Å². The number of carbonyl (C=O) groups excluding carboxylic acids is 1. The fraction of sp³-hybridized carbons (Fsp3) is 0.500. The lowest BCUT2D eigenvalue weighted by Gasteiger charge is -2.22. The van der Waals surface area contributed by atoms with Crippen molar-refractivity contribution in [3.63, 3.8) is 0 Å². The third-order valence-electron chi connectivity index (χ3n) is 2.54. The van der Waals surface area contributed by atoms with Crippen molar-refractivity contribution in [2.75, 3.05) is 25.2 Å². The molecule has 100 valence electrons. The largest absolute Gasteiger partial charge is 0.373 e. The molecule has 4 nitrogen and oxygen atoms in total. The van der Waals surface area contributed by atoms with E-state index in [2.05, 4.69) is 29.5 Å². The quantitative estimate of drug-likeness (QED) is 0.874. The molecule has 0 aliphatic rings. The van der Waals surface area contributed by atoms with E-state index in [-0.39, 0.29) is 16.3 Å². The number of hydrogen-bond acceptors (Lipinski definition) is 4. The zero-order valence-corrected chi connectivity index (χ0v) is 12.6. The first-order valence-electron chi connectivity index (χ1n) is 5.57. The third kappa shape index (κ3) is 4.07. The number of carbonyl (C=O) groups is 1. The summed E-state index contributed by atoms with van der Waals surface area (Å²) in [4.78, 5) is 16.2. The summed E-state index contributed by atoms with van der Waals surface area (Å²) < 4.78 is -0.0112. The van der Waals surface area contributed by atoms with Gasteiger partial charge in [-0.2, -0.15) is 11.8 Å². The summed E-state index contributed by atoms with van der Waals surface area (Å²) in [5.74, 6) is 0.368. The highest BCUT2D eigenvalue weighted by atomic mass is 35.5. The molecule has 0 aliphatic heterocycles. The van der Waals surface area contributed by atoms with Gasteiger partial charge in [-0.15, -0.1) is 0 Å². The molecule has 1 aromatic heterocycles. The Balaban J connectivity index is 2.78. The molecule has 0 saturated carbocycles. The number of thioether (sulfide) groups is 1. The Bertz CT molecular complexity index is 437. The highest BCUT2D eigenvalue weighted by molar-refractivity contribution is 7.99. The molecule has 0 radical (unpaired) electrons. The molecule has 6 heteroatoms. The Morgan fingerprint density at radius 3 is 2.72 bits per heavy atom. The first-order valence-corrected chi connectivity index (χ1v) is 7.17. The van der Waals surface area contributed by atoms with E-state index in [0.717, 1.165) is 0 Å². The lowest BCUT2D eigenvalue weighted by molar-refractivity contribution is 0.0946. The minimum absolute atomic E-state index is 0.0112. The van der Waals surface area contributed by atoms with Crippen LogP contribution in [0, 0.1) is 0 Å². The Hall–Kier alpha value is -0.940. The van der Waals surface area contributed by atoms with Crippen LogP contribution in [-0.2, 0) is 0 Å². The first-order chi connectivity index (χ1) is 8.39. The smallest absolute Gasteiger partial charge is 0.271 e. The van der Waals surface area contributed by atoms with Crippen LogP contribution in [-0.4, -0.2) is 35.5 Å². The van der Waals surface area contributed by atoms with Gasteiger partial charge < -0.3 is 10.6 Å². The van der Waals surface area contributed by atoms with Gasteiger partial charge in [0.25, 0.3) is 5.91 Å². The topological polar surface area (TPSA) is 54.0 Å². The summed E-state index contributed by atoms with van der Waals surface area (Å²) in [5, 5.41) is 6.08. The van der Waals surface area contributed by atoms with Gasteiger partial charge in [0.05, 0.1) is 5.02 Å². The molecule has 1 aromatic rings. The molecule has 1 heterocycles. The van der Waals surface area contributed by atoms with E-state index in [0.29, 0.717) is 17.4 Å². The van der Waals surface area contributed by atoms with Gasteiger partial charge in [0.15, 0.2) is 0 Å². The maximum absolute atomic E-state index is 12.0. The molecule has 0 aromatic carbocycles. The van der Waals surface area contributed by atoms with Crippen molar-refractivity contribution in [1.29, 1.82) is 0 Å². The number of halogens is 1. The Morgan fingerprint density at radius 2 is 2.17 bits per heavy atom. The Kier molecular flexibility index (Phi) is 5.28. The number of amides is 1. The van der Waals surface area contributed by atoms with E-state index in [9.17, 15) is 4.79 Å². The van der Waals surface area contributed by atoms with Crippen LogP contribution >= 0.6 is 23.4 Å². The molecule has 0 saturated heterocycles. The predicted octanol–water partition coefficient (Wildman–Crippen LogP) is 2.65. The summed E-state index contributed by atoms with van der Waals surface area (Å²) in [6, 6.07) is 3.39. The van der Waals surface area contributed by atoms with Crippen molar-refractivity contribution in [1.82, 2.24) is 10.3 Å². The fourth-order valence-electron chi connectivity index (χ4n) is 1.19. The van der Waals surface area contributed by atoms with Crippen LogP contribution in [0.15, 0.2) is 12.1 Å². The van der Waals surface area contributed by atoms with Gasteiger partial charge >= 0.3 is 0 Å². The van der Waals surface area contributed by atoms with E-state index in [4.69, 9.17) is 11.6 Å². The number of pyridine rings is 1. The molecule has 2 N–H and O–H groups in total. The molecular formula is C12H18ClN3OS. The lowest BCUT2D eigenvalue weighted by atomic mass is 10.2. The second-order valence-electron chi connectivity index (χ2n) is 4.42. The van der Waals surface area contributed by atoms with E-state index in [1.165, 1.54) is 0 Å². The second-order valence-corrected chi connectivity index (χ2v) is 6.34. The predicted molar refractivity (Wildman–Crippen MR) is 78.7 cm³/mol. The van der Waals surface area contributed by atoms with Crippen molar-refractivity contribution in [3.05, 3.63) is 22.8 Å². The number of rotatable bonds is 5. The van der Waals surface area contributed by atoms with Gasteiger partial charge in [0.2, 0.25) is 0 Å². The average molecular weight is 288 g/mol. The van der Waals surface area contributed by atoms with Crippen molar-refractivity contribution in [2.45, 2.75) is 18.6 Å². The molecule has 0 atom stereocenters. The summed E-state index contributed by atoms with van der Waals surface area (Å²) in [6.45, 7) is 4.70. The second kappa shape index (κ2) is 6.29. The van der Waals surface area contributed by atoms with Crippen LogP contribution in [0.3, 0.4) is 0 Å². The third-order valence-corrected chi connectivity index (χ3v) is 4.10. The molecule has 1 rings (SSSR count). The monoisotopic (exact) mass is 287 g/mol. The van der Waals surface area contributed by atoms with E-state index in [1.54, 1.807) is 30.9 Å². The Labute approximate surface area is 117 Å². The number of hydrogen-bond donors (Lipinski definition) is 2. The average Bonchev–Trinajstić information content (AvgIpc) is 2.36. The van der Waals surface area contributed by atoms with Gasteiger partial charge in [-0.05, 0) is 32.2 Å². The summed E-state index contributed by atoms with van der Waals surface area (Å²) in [7, 11) is 1.74. The number of nitrogens with one attached hydrogen (secondary N) is 2. The van der Waals surface area contributed by atoms with Crippen LogP contribution in [0.1, 0.15) is 24.3 Å². The molecule has 0 fully saturated rings. The zero-order chi connectivity index (χ0) is 13.8. The van der Waals surface area contributed by atoms with Gasteiger partial charge in [-0.1, -0.05) is 11.6 Å². The number of nitrogens with zero attached hydrogens (tertiary/aromatic N) is 1. The van der Waals surface area contributed by atoms with Gasteiger partial charge in [0, 0.05) is 18.3 Å². The SMILES string of the molecule is CNc1ccc(Cl)c(C(=O)NCC(C)(C)SC)n1. The van der Waals surface area contributed by atoms with Crippen LogP contribution < -0.4 is 10.6 Å². The lowest BCUT2D eigenvalue weighted by Crippen LogP contribution is -2.36. The normalized spacial score (nSPS) is 11.2. The van der Waals surface area contributed by atoms with Crippen molar-refractivity contribution in [2.24, 2.45) is 0 Å². The first kappa shape index (κ1) is 15.1. The highest BCUT2D eigenvalue weighted by Crippen LogP contribution is 2.20. The molecule has 1 amide bonds. The van der Waals surface area contributed by atoms with Crippen LogP contribution in [0.25, 0.3) is 0 Å². The highest BCUT2D eigenvalue weighted by Gasteiger charge is 2.19. The molecular weight excluding hydrogens is 270 g/mol. The molecule has 0 unspecified atom stereocenters. The fourth-order valence-corrected chi connectivity index (χ4v) is 1.60. The van der Waals surface area contributed by atoms with E-state index >= 15 is 0 Å². The van der Waals surface area contributed by atoms with Crippen LogP contribution in [0.4, 0.5) is 5.82 Å². The minimum atomic E-state index is -0.251. The summed E-state index contributed by atoms with van der Waals surface area (Å²) >= 11 is 7.67. The molecule has 0 bridgehead atoms. The van der Waals surface area contributed by atoms with Gasteiger partial charge in [-0.25, -0.2) is 4.98 Å². The molecule has 0 aliphatic carbocycles.